The number of benzene rings is 1. The van der Waals surface area contributed by atoms with Crippen molar-refractivity contribution in [1.29, 1.82) is 0 Å². The maximum atomic E-state index is 9.17. The highest BCUT2D eigenvalue weighted by Crippen LogP contribution is 2.23. The average Bonchev–Trinajstić information content (AvgIpc) is 2.20. The van der Waals surface area contributed by atoms with Gasteiger partial charge in [-0.2, -0.15) is 0 Å². The molecule has 0 amide bonds. The van der Waals surface area contributed by atoms with E-state index < -0.39 is 0 Å². The summed E-state index contributed by atoms with van der Waals surface area (Å²) in [5, 5.41) is 9.17. The summed E-state index contributed by atoms with van der Waals surface area (Å²) in [6.07, 6.45) is 2.80. The first-order chi connectivity index (χ1) is 6.33. The molecule has 0 bridgehead atoms. The Morgan fingerprint density at radius 2 is 2.15 bits per heavy atom. The van der Waals surface area contributed by atoms with Crippen molar-refractivity contribution < 1.29 is 5.11 Å². The third-order valence-corrected chi connectivity index (χ3v) is 2.37. The van der Waals surface area contributed by atoms with Gasteiger partial charge in [0.2, 0.25) is 0 Å². The van der Waals surface area contributed by atoms with E-state index >= 15 is 0 Å². The Balaban J connectivity index is 3.03. The second-order valence-corrected chi connectivity index (χ2v) is 3.12. The Bertz CT molecular complexity index is 274. The summed E-state index contributed by atoms with van der Waals surface area (Å²) < 4.78 is 0. The van der Waals surface area contributed by atoms with Gasteiger partial charge in [0, 0.05) is 12.5 Å². The SMILES string of the molecule is C=Cc1ccccc1C(CC)CO. The van der Waals surface area contributed by atoms with Gasteiger partial charge in [-0.05, 0) is 17.5 Å². The molecule has 1 aromatic rings. The minimum Gasteiger partial charge on any atom is -0.396 e. The van der Waals surface area contributed by atoms with Crippen molar-refractivity contribution in [2.75, 3.05) is 6.61 Å². The van der Waals surface area contributed by atoms with Crippen LogP contribution in [0.15, 0.2) is 30.8 Å². The summed E-state index contributed by atoms with van der Waals surface area (Å²) in [6, 6.07) is 8.08. The maximum absolute atomic E-state index is 9.17. The van der Waals surface area contributed by atoms with Crippen molar-refractivity contribution >= 4 is 6.08 Å². The van der Waals surface area contributed by atoms with Gasteiger partial charge in [0.1, 0.15) is 0 Å². The zero-order valence-electron chi connectivity index (χ0n) is 8.03. The Morgan fingerprint density at radius 3 is 2.69 bits per heavy atom. The second-order valence-electron chi connectivity index (χ2n) is 3.12. The van der Waals surface area contributed by atoms with Gasteiger partial charge in [-0.25, -0.2) is 0 Å². The third-order valence-electron chi connectivity index (χ3n) is 2.37. The molecule has 0 spiro atoms. The van der Waals surface area contributed by atoms with Crippen LogP contribution in [0, 0.1) is 0 Å². The summed E-state index contributed by atoms with van der Waals surface area (Å²) in [5.74, 6) is 0.245. The molecule has 1 heteroatoms. The number of hydrogen-bond acceptors (Lipinski definition) is 1. The van der Waals surface area contributed by atoms with Crippen molar-refractivity contribution in [2.45, 2.75) is 19.3 Å². The quantitative estimate of drug-likeness (QED) is 0.748. The molecule has 0 fully saturated rings. The van der Waals surface area contributed by atoms with Gasteiger partial charge in [0.05, 0.1) is 0 Å². The molecule has 70 valence electrons. The van der Waals surface area contributed by atoms with Crippen LogP contribution in [0.1, 0.15) is 30.4 Å². The molecule has 0 heterocycles. The topological polar surface area (TPSA) is 20.2 Å². The molecule has 1 N–H and O–H groups in total. The van der Waals surface area contributed by atoms with Crippen LogP contribution in [0.5, 0.6) is 0 Å². The van der Waals surface area contributed by atoms with Gasteiger partial charge in [-0.3, -0.25) is 0 Å². The summed E-state index contributed by atoms with van der Waals surface area (Å²) in [4.78, 5) is 0. The molecule has 0 radical (unpaired) electrons. The predicted octanol–water partition coefficient (Wildman–Crippen LogP) is 2.82. The number of aliphatic hydroxyl groups is 1. The molecule has 1 nitrogen and oxygen atoms in total. The van der Waals surface area contributed by atoms with Crippen LogP contribution in [-0.4, -0.2) is 11.7 Å². The highest BCUT2D eigenvalue weighted by molar-refractivity contribution is 5.52. The van der Waals surface area contributed by atoms with Crippen LogP contribution in [0.4, 0.5) is 0 Å². The lowest BCUT2D eigenvalue weighted by molar-refractivity contribution is 0.262. The Labute approximate surface area is 79.7 Å². The van der Waals surface area contributed by atoms with Gasteiger partial charge in [0.15, 0.2) is 0 Å². The molecule has 1 rings (SSSR count). The van der Waals surface area contributed by atoms with Gasteiger partial charge in [0.25, 0.3) is 0 Å². The zero-order valence-corrected chi connectivity index (χ0v) is 8.03. The first-order valence-electron chi connectivity index (χ1n) is 4.65. The van der Waals surface area contributed by atoms with Crippen LogP contribution < -0.4 is 0 Å². The van der Waals surface area contributed by atoms with Gasteiger partial charge >= 0.3 is 0 Å². The Morgan fingerprint density at radius 1 is 1.46 bits per heavy atom. The second kappa shape index (κ2) is 4.83. The minimum atomic E-state index is 0.210. The molecule has 0 aliphatic rings. The van der Waals surface area contributed by atoms with Crippen LogP contribution in [0.25, 0.3) is 6.08 Å². The van der Waals surface area contributed by atoms with E-state index in [2.05, 4.69) is 19.6 Å². The first-order valence-corrected chi connectivity index (χ1v) is 4.65. The van der Waals surface area contributed by atoms with Crippen molar-refractivity contribution in [3.63, 3.8) is 0 Å². The van der Waals surface area contributed by atoms with Crippen LogP contribution >= 0.6 is 0 Å². The first kappa shape index (κ1) is 10.0. The maximum Gasteiger partial charge on any atom is 0.0499 e. The number of hydrogen-bond donors (Lipinski definition) is 1. The van der Waals surface area contributed by atoms with Crippen molar-refractivity contribution in [3.05, 3.63) is 42.0 Å². The molecule has 1 unspecified atom stereocenters. The average molecular weight is 176 g/mol. The van der Waals surface area contributed by atoms with Crippen LogP contribution in [-0.2, 0) is 0 Å². The van der Waals surface area contributed by atoms with Crippen LogP contribution in [0.2, 0.25) is 0 Å². The summed E-state index contributed by atoms with van der Waals surface area (Å²) >= 11 is 0. The molecule has 1 atom stereocenters. The fourth-order valence-corrected chi connectivity index (χ4v) is 1.52. The lowest BCUT2D eigenvalue weighted by atomic mass is 9.93. The van der Waals surface area contributed by atoms with E-state index in [0.29, 0.717) is 0 Å². The van der Waals surface area contributed by atoms with E-state index in [1.807, 2.05) is 24.3 Å². The molecule has 0 saturated carbocycles. The fourth-order valence-electron chi connectivity index (χ4n) is 1.52. The molecule has 0 saturated heterocycles. The van der Waals surface area contributed by atoms with E-state index in [0.717, 1.165) is 12.0 Å². The molecular formula is C12H16O. The normalized spacial score (nSPS) is 12.5. The highest BCUT2D eigenvalue weighted by atomic mass is 16.3. The van der Waals surface area contributed by atoms with Crippen LogP contribution in [0.3, 0.4) is 0 Å². The molecule has 0 aliphatic carbocycles. The number of rotatable bonds is 4. The third kappa shape index (κ3) is 2.19. The number of aliphatic hydroxyl groups excluding tert-OH is 1. The van der Waals surface area contributed by atoms with Gasteiger partial charge in [-0.1, -0.05) is 43.8 Å². The van der Waals surface area contributed by atoms with Crippen molar-refractivity contribution in [2.24, 2.45) is 0 Å². The van der Waals surface area contributed by atoms with E-state index in [1.165, 1.54) is 5.56 Å². The van der Waals surface area contributed by atoms with E-state index in [4.69, 9.17) is 5.11 Å². The Kier molecular flexibility index (Phi) is 3.71. The van der Waals surface area contributed by atoms with Crippen molar-refractivity contribution in [3.8, 4) is 0 Å². The van der Waals surface area contributed by atoms with Crippen molar-refractivity contribution in [1.82, 2.24) is 0 Å². The monoisotopic (exact) mass is 176 g/mol. The van der Waals surface area contributed by atoms with E-state index in [1.54, 1.807) is 0 Å². The van der Waals surface area contributed by atoms with Gasteiger partial charge < -0.3 is 5.11 Å². The smallest absolute Gasteiger partial charge is 0.0499 e. The fraction of sp³-hybridized carbons (Fsp3) is 0.333. The molecule has 0 aromatic heterocycles. The zero-order chi connectivity index (χ0) is 9.68. The highest BCUT2D eigenvalue weighted by Gasteiger charge is 2.09. The predicted molar refractivity (Wildman–Crippen MR) is 56.7 cm³/mol. The summed E-state index contributed by atoms with van der Waals surface area (Å²) in [7, 11) is 0. The minimum absolute atomic E-state index is 0.210. The molecule has 13 heavy (non-hydrogen) atoms. The standard InChI is InChI=1S/C12H16O/c1-3-10-7-5-6-8-12(10)11(4-2)9-13/h3,5-8,11,13H,1,4,9H2,2H3. The molecule has 1 aromatic carbocycles. The summed E-state index contributed by atoms with van der Waals surface area (Å²) in [5.41, 5.74) is 2.32. The largest absolute Gasteiger partial charge is 0.396 e. The van der Waals surface area contributed by atoms with E-state index in [9.17, 15) is 0 Å². The summed E-state index contributed by atoms with van der Waals surface area (Å²) in [6.45, 7) is 6.05. The Hall–Kier alpha value is -1.08. The lowest BCUT2D eigenvalue weighted by Crippen LogP contribution is -2.04. The van der Waals surface area contributed by atoms with E-state index in [-0.39, 0.29) is 12.5 Å². The molecular weight excluding hydrogens is 160 g/mol. The molecule has 0 aliphatic heterocycles. The van der Waals surface area contributed by atoms with Gasteiger partial charge in [-0.15, -0.1) is 0 Å². The lowest BCUT2D eigenvalue weighted by Gasteiger charge is -2.14.